The second kappa shape index (κ2) is 14.8. The van der Waals surface area contributed by atoms with E-state index in [1.54, 1.807) is 18.9 Å². The van der Waals surface area contributed by atoms with Crippen LogP contribution in [0.4, 0.5) is 11.4 Å². The summed E-state index contributed by atoms with van der Waals surface area (Å²) in [5, 5.41) is 2.85. The van der Waals surface area contributed by atoms with E-state index in [0.717, 1.165) is 75.6 Å². The number of para-hydroxylation sites is 2. The molecule has 238 valence electrons. The van der Waals surface area contributed by atoms with Crippen molar-refractivity contribution >= 4 is 73.4 Å². The average Bonchev–Trinajstić information content (AvgIpc) is 3.55. The number of hydrogen-bond acceptors (Lipinski definition) is 8. The summed E-state index contributed by atoms with van der Waals surface area (Å²) < 4.78 is 14.3. The van der Waals surface area contributed by atoms with Crippen molar-refractivity contribution in [2.45, 2.75) is 31.6 Å². The number of thiophene rings is 1. The van der Waals surface area contributed by atoms with E-state index in [4.69, 9.17) is 9.15 Å². The smallest absolute Gasteiger partial charge is 0.374 e. The van der Waals surface area contributed by atoms with Gasteiger partial charge in [-0.1, -0.05) is 42.5 Å². The third-order valence-electron chi connectivity index (χ3n) is 8.12. The highest BCUT2D eigenvalue weighted by molar-refractivity contribution is 9.10. The lowest BCUT2D eigenvalue weighted by Gasteiger charge is -2.31. The minimum absolute atomic E-state index is 0.0908. The van der Waals surface area contributed by atoms with Crippen LogP contribution in [-0.4, -0.2) is 56.1 Å². The van der Waals surface area contributed by atoms with E-state index >= 15 is 0 Å². The van der Waals surface area contributed by atoms with E-state index in [1.165, 1.54) is 16.9 Å². The topological polar surface area (TPSA) is 66.2 Å². The molecule has 1 fully saturated rings. The molecule has 3 heterocycles. The first-order valence-electron chi connectivity index (χ1n) is 15.5. The van der Waals surface area contributed by atoms with Gasteiger partial charge < -0.3 is 23.3 Å². The lowest BCUT2D eigenvalue weighted by molar-refractivity contribution is 0.0491. The predicted molar refractivity (Wildman–Crippen MR) is 191 cm³/mol. The van der Waals surface area contributed by atoms with Crippen LogP contribution in [0.25, 0.3) is 11.0 Å². The summed E-state index contributed by atoms with van der Waals surface area (Å²) in [6.45, 7) is 7.77. The summed E-state index contributed by atoms with van der Waals surface area (Å²) in [4.78, 5) is 32.0. The molecule has 7 nitrogen and oxygen atoms in total. The zero-order valence-electron chi connectivity index (χ0n) is 25.9. The van der Waals surface area contributed by atoms with Crippen LogP contribution in [0.15, 0.2) is 98.0 Å². The van der Waals surface area contributed by atoms with Gasteiger partial charge in [-0.25, -0.2) is 4.79 Å². The fourth-order valence-corrected chi connectivity index (χ4v) is 8.26. The minimum atomic E-state index is -0.440. The maximum Gasteiger partial charge on any atom is 0.374 e. The van der Waals surface area contributed by atoms with Gasteiger partial charge in [-0.2, -0.15) is 0 Å². The number of aryl methyl sites for hydroxylation is 1. The normalized spacial score (nSPS) is 13.5. The monoisotopic (exact) mass is 717 g/mol. The molecule has 0 aliphatic carbocycles. The van der Waals surface area contributed by atoms with Crippen molar-refractivity contribution in [1.82, 2.24) is 4.90 Å². The number of carbonyl (C=O) groups excluding carboxylic acids is 2. The van der Waals surface area contributed by atoms with Crippen LogP contribution in [-0.2, 0) is 11.2 Å². The van der Waals surface area contributed by atoms with Gasteiger partial charge in [0.15, 0.2) is 0 Å². The summed E-state index contributed by atoms with van der Waals surface area (Å²) in [5.74, 6) is -0.0944. The van der Waals surface area contributed by atoms with Gasteiger partial charge in [0.05, 0.1) is 18.0 Å². The van der Waals surface area contributed by atoms with E-state index in [2.05, 4.69) is 79.7 Å². The van der Waals surface area contributed by atoms with Crippen molar-refractivity contribution in [1.29, 1.82) is 0 Å². The third-order valence-corrected chi connectivity index (χ3v) is 11.0. The van der Waals surface area contributed by atoms with Crippen molar-refractivity contribution < 1.29 is 18.7 Å². The van der Waals surface area contributed by atoms with E-state index in [9.17, 15) is 9.59 Å². The van der Waals surface area contributed by atoms with Crippen LogP contribution in [0.2, 0.25) is 0 Å². The Balaban J connectivity index is 1.28. The quantitative estimate of drug-likeness (QED) is 0.106. The summed E-state index contributed by atoms with van der Waals surface area (Å²) in [7, 11) is 0. The highest BCUT2D eigenvalue weighted by Gasteiger charge is 2.25. The molecule has 10 heteroatoms. The first-order chi connectivity index (χ1) is 22.4. The molecule has 0 radical (unpaired) electrons. The van der Waals surface area contributed by atoms with Crippen molar-refractivity contribution in [3.05, 3.63) is 110 Å². The largest absolute Gasteiger partial charge is 0.460 e. The second-order valence-electron chi connectivity index (χ2n) is 11.1. The summed E-state index contributed by atoms with van der Waals surface area (Å²) in [6.07, 6.45) is 1.76. The van der Waals surface area contributed by atoms with E-state index in [-0.39, 0.29) is 11.7 Å². The number of benzene rings is 3. The molecule has 1 aliphatic heterocycles. The first kappa shape index (κ1) is 32.2. The number of furan rings is 1. The first-order valence-corrected chi connectivity index (χ1v) is 17.9. The van der Waals surface area contributed by atoms with Gasteiger partial charge in [0, 0.05) is 53.0 Å². The number of fused-ring (bicyclic) bond motifs is 1. The van der Waals surface area contributed by atoms with Crippen LogP contribution >= 0.6 is 39.2 Å². The lowest BCUT2D eigenvalue weighted by atomic mass is 10.1. The number of nitrogens with zero attached hydrogens (tertiary/aromatic N) is 3. The Morgan fingerprint density at radius 2 is 1.80 bits per heavy atom. The van der Waals surface area contributed by atoms with Crippen molar-refractivity contribution in [2.24, 2.45) is 0 Å². The molecule has 6 rings (SSSR count). The Kier molecular flexibility index (Phi) is 10.4. The fraction of sp³-hybridized carbons (Fsp3) is 0.278. The molecule has 0 atom stereocenters. The minimum Gasteiger partial charge on any atom is -0.460 e. The highest BCUT2D eigenvalue weighted by atomic mass is 79.9. The summed E-state index contributed by atoms with van der Waals surface area (Å²) >= 11 is 6.70. The van der Waals surface area contributed by atoms with E-state index < -0.39 is 5.97 Å². The molecule has 2 aromatic heterocycles. The Hall–Kier alpha value is -3.73. The molecular formula is C36H36BrN3O4S2. The summed E-state index contributed by atoms with van der Waals surface area (Å²) in [6, 6.07) is 27.1. The highest BCUT2D eigenvalue weighted by Crippen LogP contribution is 2.39. The van der Waals surface area contributed by atoms with Crippen LogP contribution in [0.3, 0.4) is 0 Å². The van der Waals surface area contributed by atoms with E-state index in [0.29, 0.717) is 18.7 Å². The molecule has 1 amide bonds. The van der Waals surface area contributed by atoms with Crippen molar-refractivity contribution in [3.63, 3.8) is 0 Å². The molecule has 0 unspecified atom stereocenters. The molecule has 0 saturated carbocycles. The number of anilines is 2. The van der Waals surface area contributed by atoms with Gasteiger partial charge in [-0.05, 0) is 102 Å². The number of hydrogen-bond donors (Lipinski definition) is 0. The Morgan fingerprint density at radius 3 is 2.59 bits per heavy atom. The number of halogens is 1. The number of carbonyl (C=O) groups is 2. The van der Waals surface area contributed by atoms with Gasteiger partial charge in [0.2, 0.25) is 5.76 Å². The molecule has 3 aromatic carbocycles. The van der Waals surface area contributed by atoms with Crippen LogP contribution in [0, 0.1) is 6.92 Å². The van der Waals surface area contributed by atoms with E-state index in [1.807, 2.05) is 41.5 Å². The maximum absolute atomic E-state index is 13.3. The molecule has 1 saturated heterocycles. The van der Waals surface area contributed by atoms with Gasteiger partial charge in [-0.15, -0.1) is 11.3 Å². The molecule has 1 aliphatic rings. The molecular weight excluding hydrogens is 682 g/mol. The molecule has 0 N–H and O–H groups in total. The van der Waals surface area contributed by atoms with Gasteiger partial charge in [-0.3, -0.25) is 4.79 Å². The molecule has 0 bridgehead atoms. The molecule has 0 spiro atoms. The zero-order valence-corrected chi connectivity index (χ0v) is 29.1. The van der Waals surface area contributed by atoms with Crippen LogP contribution < -0.4 is 9.21 Å². The van der Waals surface area contributed by atoms with Gasteiger partial charge in [0.1, 0.15) is 10.5 Å². The number of ether oxygens (including phenoxy) is 1. The van der Waals surface area contributed by atoms with Gasteiger partial charge in [0.25, 0.3) is 5.91 Å². The Morgan fingerprint density at radius 1 is 1.00 bits per heavy atom. The zero-order chi connectivity index (χ0) is 32.0. The molecule has 5 aromatic rings. The third kappa shape index (κ3) is 7.14. The standard InChI is InChI=1S/C36H36BrN3O4S2/c1-3-43-36(42)33-25(2)28-24-27(14-15-32(28)44-33)46-40(20-16-26-10-5-4-6-11-26)31-13-8-7-12-30(31)38-18-9-19-39(22-21-38)35(41)34-29(37)17-23-45-34/h4-8,10-15,17,23-24H,3,9,16,18-22H2,1-2H3. The predicted octanol–water partition coefficient (Wildman–Crippen LogP) is 8.85. The van der Waals surface area contributed by atoms with Crippen molar-refractivity contribution in [3.8, 4) is 0 Å². The number of esters is 1. The Labute approximate surface area is 286 Å². The Bertz CT molecular complexity index is 1820. The summed E-state index contributed by atoms with van der Waals surface area (Å²) in [5.41, 5.74) is 5.00. The maximum atomic E-state index is 13.3. The average molecular weight is 719 g/mol. The fourth-order valence-electron chi connectivity index (χ4n) is 5.76. The van der Waals surface area contributed by atoms with Crippen molar-refractivity contribution in [2.75, 3.05) is 48.5 Å². The number of amides is 1. The van der Waals surface area contributed by atoms with Gasteiger partial charge >= 0.3 is 5.97 Å². The van der Waals surface area contributed by atoms with Crippen LogP contribution in [0.1, 0.15) is 44.7 Å². The lowest BCUT2D eigenvalue weighted by Crippen LogP contribution is -2.35. The SMILES string of the molecule is CCOC(=O)c1oc2ccc(SN(CCc3ccccc3)c3ccccc3N3CCCN(C(=O)c4sccc4Br)CC3)cc2c1C. The van der Waals surface area contributed by atoms with Crippen LogP contribution in [0.5, 0.6) is 0 Å². The number of rotatable bonds is 10. The second-order valence-corrected chi connectivity index (χ2v) is 13.9. The molecule has 46 heavy (non-hydrogen) atoms.